The van der Waals surface area contributed by atoms with E-state index in [0.717, 1.165) is 6.54 Å². The number of ether oxygens (including phenoxy) is 1. The standard InChI is InChI=1S/C16H25N3O3.ClH/c1-13(19-16(21)14-6-4-3-5-7-14)12-15(20)18-9-8-17-10-11-22-2;/h3-7,13,17H,8-12H2,1-2H3,(H,18,20)(H,19,21);1H. The van der Waals surface area contributed by atoms with Crippen LogP contribution in [0.25, 0.3) is 0 Å². The minimum atomic E-state index is -0.214. The first-order valence-electron chi connectivity index (χ1n) is 7.45. The molecule has 1 aromatic rings. The van der Waals surface area contributed by atoms with E-state index in [4.69, 9.17) is 4.74 Å². The van der Waals surface area contributed by atoms with Gasteiger partial charge in [0.25, 0.3) is 5.91 Å². The van der Waals surface area contributed by atoms with Crippen molar-refractivity contribution in [3.05, 3.63) is 35.9 Å². The van der Waals surface area contributed by atoms with E-state index in [-0.39, 0.29) is 36.7 Å². The number of benzene rings is 1. The van der Waals surface area contributed by atoms with Crippen molar-refractivity contribution in [2.75, 3.05) is 33.4 Å². The molecule has 1 atom stereocenters. The molecule has 2 amide bonds. The predicted octanol–water partition coefficient (Wildman–Crippen LogP) is 0.969. The van der Waals surface area contributed by atoms with Gasteiger partial charge in [-0.2, -0.15) is 0 Å². The molecule has 7 heteroatoms. The Balaban J connectivity index is 0.00000484. The summed E-state index contributed by atoms with van der Waals surface area (Å²) in [6.07, 6.45) is 0.261. The average molecular weight is 344 g/mol. The smallest absolute Gasteiger partial charge is 0.251 e. The molecular weight excluding hydrogens is 318 g/mol. The van der Waals surface area contributed by atoms with Gasteiger partial charge in [0.1, 0.15) is 0 Å². The van der Waals surface area contributed by atoms with Crippen LogP contribution >= 0.6 is 12.4 Å². The second-order valence-corrected chi connectivity index (χ2v) is 5.04. The summed E-state index contributed by atoms with van der Waals surface area (Å²) in [6, 6.07) is 8.75. The highest BCUT2D eigenvalue weighted by Gasteiger charge is 2.12. The first-order chi connectivity index (χ1) is 10.6. The molecule has 6 nitrogen and oxygen atoms in total. The lowest BCUT2D eigenvalue weighted by Gasteiger charge is -2.14. The van der Waals surface area contributed by atoms with Crippen molar-refractivity contribution < 1.29 is 14.3 Å². The highest BCUT2D eigenvalue weighted by molar-refractivity contribution is 5.94. The number of halogens is 1. The molecule has 0 spiro atoms. The number of rotatable bonds is 10. The summed E-state index contributed by atoms with van der Waals surface area (Å²) in [4.78, 5) is 23.7. The lowest BCUT2D eigenvalue weighted by Crippen LogP contribution is -2.39. The molecule has 0 aliphatic carbocycles. The van der Waals surface area contributed by atoms with Crippen LogP contribution in [0.15, 0.2) is 30.3 Å². The third kappa shape index (κ3) is 9.89. The Bertz CT molecular complexity index is 457. The van der Waals surface area contributed by atoms with Crippen LogP contribution in [0.2, 0.25) is 0 Å². The van der Waals surface area contributed by atoms with Crippen LogP contribution in [0.1, 0.15) is 23.7 Å². The average Bonchev–Trinajstić information content (AvgIpc) is 2.51. The molecule has 0 heterocycles. The molecule has 0 saturated carbocycles. The molecule has 130 valence electrons. The van der Waals surface area contributed by atoms with Gasteiger partial charge in [0.15, 0.2) is 0 Å². The summed E-state index contributed by atoms with van der Waals surface area (Å²) in [7, 11) is 1.65. The van der Waals surface area contributed by atoms with E-state index >= 15 is 0 Å². The van der Waals surface area contributed by atoms with Crippen LogP contribution in [0.5, 0.6) is 0 Å². The van der Waals surface area contributed by atoms with Gasteiger partial charge in [0.2, 0.25) is 5.91 Å². The number of hydrogen-bond donors (Lipinski definition) is 3. The van der Waals surface area contributed by atoms with Gasteiger partial charge in [0.05, 0.1) is 6.61 Å². The Morgan fingerprint density at radius 3 is 2.48 bits per heavy atom. The van der Waals surface area contributed by atoms with Crippen molar-refractivity contribution in [1.29, 1.82) is 0 Å². The molecule has 0 fully saturated rings. The number of methoxy groups -OCH3 is 1. The molecule has 0 aliphatic rings. The Hall–Kier alpha value is -1.63. The SMILES string of the molecule is COCCNCCNC(=O)CC(C)NC(=O)c1ccccc1.Cl. The zero-order valence-corrected chi connectivity index (χ0v) is 14.4. The first kappa shape index (κ1) is 21.4. The maximum atomic E-state index is 11.9. The second-order valence-electron chi connectivity index (χ2n) is 5.04. The molecule has 0 aliphatic heterocycles. The van der Waals surface area contributed by atoms with Gasteiger partial charge in [-0.15, -0.1) is 12.4 Å². The Kier molecular flexibility index (Phi) is 12.0. The molecule has 0 saturated heterocycles. The number of hydrogen-bond acceptors (Lipinski definition) is 4. The maximum absolute atomic E-state index is 11.9. The van der Waals surface area contributed by atoms with Crippen molar-refractivity contribution >= 4 is 24.2 Å². The van der Waals surface area contributed by atoms with E-state index in [1.54, 1.807) is 19.2 Å². The van der Waals surface area contributed by atoms with Crippen LogP contribution in [0, 0.1) is 0 Å². The topological polar surface area (TPSA) is 79.5 Å². The Morgan fingerprint density at radius 2 is 1.83 bits per heavy atom. The van der Waals surface area contributed by atoms with Crippen LogP contribution in [-0.2, 0) is 9.53 Å². The Labute approximate surface area is 143 Å². The highest BCUT2D eigenvalue weighted by atomic mass is 35.5. The molecule has 0 bridgehead atoms. The van der Waals surface area contributed by atoms with Crippen molar-refractivity contribution in [1.82, 2.24) is 16.0 Å². The second kappa shape index (κ2) is 12.9. The largest absolute Gasteiger partial charge is 0.383 e. The van der Waals surface area contributed by atoms with Gasteiger partial charge < -0.3 is 20.7 Å². The first-order valence-corrected chi connectivity index (χ1v) is 7.45. The molecule has 1 unspecified atom stereocenters. The molecular formula is C16H26ClN3O3. The summed E-state index contributed by atoms with van der Waals surface area (Å²) < 4.78 is 4.91. The van der Waals surface area contributed by atoms with Gasteiger partial charge in [-0.05, 0) is 19.1 Å². The zero-order valence-electron chi connectivity index (χ0n) is 13.6. The van der Waals surface area contributed by atoms with Crippen molar-refractivity contribution in [2.24, 2.45) is 0 Å². The third-order valence-electron chi connectivity index (χ3n) is 3.01. The van der Waals surface area contributed by atoms with E-state index in [0.29, 0.717) is 25.3 Å². The van der Waals surface area contributed by atoms with Crippen LogP contribution < -0.4 is 16.0 Å². The predicted molar refractivity (Wildman–Crippen MR) is 93.0 cm³/mol. The monoisotopic (exact) mass is 343 g/mol. The minimum Gasteiger partial charge on any atom is -0.383 e. The van der Waals surface area contributed by atoms with E-state index in [1.807, 2.05) is 25.1 Å². The fourth-order valence-electron chi connectivity index (χ4n) is 1.89. The molecule has 0 aromatic heterocycles. The van der Waals surface area contributed by atoms with Crippen molar-refractivity contribution in [3.8, 4) is 0 Å². The zero-order chi connectivity index (χ0) is 16.2. The van der Waals surface area contributed by atoms with Crippen molar-refractivity contribution in [3.63, 3.8) is 0 Å². The molecule has 1 aromatic carbocycles. The van der Waals surface area contributed by atoms with Gasteiger partial charge >= 0.3 is 0 Å². The maximum Gasteiger partial charge on any atom is 0.251 e. The summed E-state index contributed by atoms with van der Waals surface area (Å²) in [5.41, 5.74) is 0.595. The molecule has 1 rings (SSSR count). The van der Waals surface area contributed by atoms with Crippen LogP contribution in [-0.4, -0.2) is 51.2 Å². The summed E-state index contributed by atoms with van der Waals surface area (Å²) >= 11 is 0. The molecule has 0 radical (unpaired) electrons. The van der Waals surface area contributed by atoms with Gasteiger partial charge in [-0.25, -0.2) is 0 Å². The quantitative estimate of drug-likeness (QED) is 0.553. The number of amides is 2. The van der Waals surface area contributed by atoms with E-state index < -0.39 is 0 Å². The molecule has 3 N–H and O–H groups in total. The van der Waals surface area contributed by atoms with E-state index in [1.165, 1.54) is 0 Å². The fraction of sp³-hybridized carbons (Fsp3) is 0.500. The van der Waals surface area contributed by atoms with E-state index in [9.17, 15) is 9.59 Å². The third-order valence-corrected chi connectivity index (χ3v) is 3.01. The van der Waals surface area contributed by atoms with E-state index in [2.05, 4.69) is 16.0 Å². The van der Waals surface area contributed by atoms with Gasteiger partial charge in [-0.1, -0.05) is 18.2 Å². The lowest BCUT2D eigenvalue weighted by molar-refractivity contribution is -0.121. The normalized spacial score (nSPS) is 11.2. The van der Waals surface area contributed by atoms with Gasteiger partial charge in [0, 0.05) is 44.8 Å². The summed E-state index contributed by atoms with van der Waals surface area (Å²) in [5.74, 6) is -0.239. The number of carbonyl (C=O) groups excluding carboxylic acids is 2. The Morgan fingerprint density at radius 1 is 1.13 bits per heavy atom. The fourth-order valence-corrected chi connectivity index (χ4v) is 1.89. The summed E-state index contributed by atoms with van der Waals surface area (Å²) in [5, 5.41) is 8.76. The summed E-state index contributed by atoms with van der Waals surface area (Å²) in [6.45, 7) is 4.48. The van der Waals surface area contributed by atoms with Crippen LogP contribution in [0.4, 0.5) is 0 Å². The molecule has 23 heavy (non-hydrogen) atoms. The van der Waals surface area contributed by atoms with Crippen LogP contribution in [0.3, 0.4) is 0 Å². The highest BCUT2D eigenvalue weighted by Crippen LogP contribution is 2.00. The number of carbonyl (C=O) groups is 2. The minimum absolute atomic E-state index is 0. The van der Waals surface area contributed by atoms with Crippen molar-refractivity contribution in [2.45, 2.75) is 19.4 Å². The van der Waals surface area contributed by atoms with Gasteiger partial charge in [-0.3, -0.25) is 9.59 Å². The lowest BCUT2D eigenvalue weighted by atomic mass is 10.1. The number of nitrogens with one attached hydrogen (secondary N) is 3.